The second-order valence-corrected chi connectivity index (χ2v) is 4.12. The van der Waals surface area contributed by atoms with Crippen molar-refractivity contribution in [3.8, 4) is 0 Å². The summed E-state index contributed by atoms with van der Waals surface area (Å²) < 4.78 is 2.19. The van der Waals surface area contributed by atoms with E-state index in [1.54, 1.807) is 4.90 Å². The predicted octanol–water partition coefficient (Wildman–Crippen LogP) is 1.54. The molecule has 1 aromatic heterocycles. The van der Waals surface area contributed by atoms with Crippen molar-refractivity contribution in [3.05, 3.63) is 36.0 Å². The molecule has 0 bridgehead atoms. The summed E-state index contributed by atoms with van der Waals surface area (Å²) in [4.78, 5) is 12.9. The highest BCUT2D eigenvalue weighted by molar-refractivity contribution is 5.84. The van der Waals surface area contributed by atoms with Crippen LogP contribution in [0.1, 0.15) is 5.56 Å². The van der Waals surface area contributed by atoms with E-state index in [0.29, 0.717) is 13.1 Å². The normalized spacial score (nSPS) is 15.1. The summed E-state index contributed by atoms with van der Waals surface area (Å²) in [6.45, 7) is 2.09. The number of aromatic nitrogens is 1. The Kier molecular flexibility index (Phi) is 1.89. The number of nitrogens with zero attached hydrogens (tertiary/aromatic N) is 2. The number of primary amides is 1. The number of nitrogens with two attached hydrogens (primary N) is 1. The molecule has 2 aromatic rings. The van der Waals surface area contributed by atoms with Gasteiger partial charge in [-0.3, -0.25) is 0 Å². The van der Waals surface area contributed by atoms with Crippen molar-refractivity contribution in [1.29, 1.82) is 0 Å². The molecule has 0 saturated carbocycles. The van der Waals surface area contributed by atoms with E-state index in [0.717, 1.165) is 6.54 Å². The highest BCUT2D eigenvalue weighted by atomic mass is 16.2. The summed E-state index contributed by atoms with van der Waals surface area (Å²) in [7, 11) is 0. The molecule has 82 valence electrons. The minimum Gasteiger partial charge on any atom is -0.351 e. The average molecular weight is 215 g/mol. The molecule has 2 N–H and O–H groups in total. The van der Waals surface area contributed by atoms with Crippen molar-refractivity contribution < 1.29 is 4.79 Å². The van der Waals surface area contributed by atoms with Gasteiger partial charge in [-0.15, -0.1) is 0 Å². The van der Waals surface area contributed by atoms with Gasteiger partial charge in [-0.25, -0.2) is 4.79 Å². The topological polar surface area (TPSA) is 51.3 Å². The fraction of sp³-hybridized carbons (Fsp3) is 0.250. The van der Waals surface area contributed by atoms with Crippen molar-refractivity contribution in [2.24, 2.45) is 5.73 Å². The van der Waals surface area contributed by atoms with E-state index in [9.17, 15) is 4.79 Å². The van der Waals surface area contributed by atoms with E-state index in [2.05, 4.69) is 29.0 Å². The summed E-state index contributed by atoms with van der Waals surface area (Å²) in [5.41, 5.74) is 7.74. The quantitative estimate of drug-likeness (QED) is 0.712. The Morgan fingerprint density at radius 2 is 2.12 bits per heavy atom. The Morgan fingerprint density at radius 1 is 1.25 bits per heavy atom. The molecule has 0 aliphatic carbocycles. The van der Waals surface area contributed by atoms with Crippen molar-refractivity contribution in [1.82, 2.24) is 9.47 Å². The van der Waals surface area contributed by atoms with Gasteiger partial charge in [-0.2, -0.15) is 0 Å². The number of para-hydroxylation sites is 1. The van der Waals surface area contributed by atoms with Gasteiger partial charge in [0.05, 0.1) is 5.52 Å². The molecular weight excluding hydrogens is 202 g/mol. The van der Waals surface area contributed by atoms with Gasteiger partial charge in [0.1, 0.15) is 0 Å². The maximum atomic E-state index is 11.2. The van der Waals surface area contributed by atoms with E-state index in [1.807, 2.05) is 6.07 Å². The van der Waals surface area contributed by atoms with E-state index in [-0.39, 0.29) is 6.03 Å². The Hall–Kier alpha value is -1.97. The number of amides is 2. The number of carbonyl (C=O) groups excluding carboxylic acids is 1. The fourth-order valence-corrected chi connectivity index (χ4v) is 2.36. The zero-order valence-corrected chi connectivity index (χ0v) is 8.89. The molecule has 0 saturated heterocycles. The molecular formula is C12H13N3O. The zero-order chi connectivity index (χ0) is 11.1. The second-order valence-electron chi connectivity index (χ2n) is 4.12. The molecule has 2 amide bonds. The molecule has 2 heterocycles. The summed E-state index contributed by atoms with van der Waals surface area (Å²) >= 11 is 0. The monoisotopic (exact) mass is 215 g/mol. The Balaban J connectivity index is 2.16. The second kappa shape index (κ2) is 3.27. The first-order chi connectivity index (χ1) is 7.75. The third-order valence-electron chi connectivity index (χ3n) is 3.16. The maximum Gasteiger partial charge on any atom is 0.315 e. The largest absolute Gasteiger partial charge is 0.351 e. The van der Waals surface area contributed by atoms with Crippen LogP contribution in [0.2, 0.25) is 0 Å². The molecule has 3 rings (SSSR count). The summed E-state index contributed by atoms with van der Waals surface area (Å²) in [5, 5.41) is 1.23. The lowest BCUT2D eigenvalue weighted by molar-refractivity contribution is 0.204. The molecule has 0 fully saturated rings. The first-order valence-corrected chi connectivity index (χ1v) is 5.37. The predicted molar refractivity (Wildman–Crippen MR) is 61.9 cm³/mol. The third kappa shape index (κ3) is 1.26. The van der Waals surface area contributed by atoms with Crippen molar-refractivity contribution >= 4 is 16.9 Å². The number of urea groups is 1. The van der Waals surface area contributed by atoms with Crippen molar-refractivity contribution in [3.63, 3.8) is 0 Å². The van der Waals surface area contributed by atoms with Gasteiger partial charge in [0.15, 0.2) is 0 Å². The van der Waals surface area contributed by atoms with Gasteiger partial charge in [0.25, 0.3) is 0 Å². The van der Waals surface area contributed by atoms with Crippen molar-refractivity contribution in [2.45, 2.75) is 13.1 Å². The molecule has 0 atom stereocenters. The fourth-order valence-electron chi connectivity index (χ4n) is 2.36. The SMILES string of the molecule is NC(=O)N1CCn2ccc3cccc(c32)C1. The Bertz CT molecular complexity index is 558. The van der Waals surface area contributed by atoms with Crippen LogP contribution < -0.4 is 5.73 Å². The van der Waals surface area contributed by atoms with Gasteiger partial charge < -0.3 is 15.2 Å². The molecule has 1 aromatic carbocycles. The van der Waals surface area contributed by atoms with Crippen LogP contribution in [0.15, 0.2) is 30.5 Å². The lowest BCUT2D eigenvalue weighted by atomic mass is 10.1. The maximum absolute atomic E-state index is 11.2. The number of hydrogen-bond acceptors (Lipinski definition) is 1. The molecule has 4 heteroatoms. The lowest BCUT2D eigenvalue weighted by Crippen LogP contribution is -2.36. The molecule has 0 radical (unpaired) electrons. The Morgan fingerprint density at radius 3 is 2.94 bits per heavy atom. The molecule has 4 nitrogen and oxygen atoms in total. The van der Waals surface area contributed by atoms with Crippen LogP contribution >= 0.6 is 0 Å². The molecule has 1 aliphatic rings. The zero-order valence-electron chi connectivity index (χ0n) is 8.89. The summed E-state index contributed by atoms with van der Waals surface area (Å²) in [6.07, 6.45) is 2.07. The Labute approximate surface area is 93.2 Å². The first-order valence-electron chi connectivity index (χ1n) is 5.37. The smallest absolute Gasteiger partial charge is 0.315 e. The highest BCUT2D eigenvalue weighted by Crippen LogP contribution is 2.23. The van der Waals surface area contributed by atoms with Crippen LogP contribution in [0.4, 0.5) is 4.79 Å². The molecule has 1 aliphatic heterocycles. The van der Waals surface area contributed by atoms with Gasteiger partial charge in [0, 0.05) is 25.8 Å². The molecule has 0 spiro atoms. The van der Waals surface area contributed by atoms with Gasteiger partial charge in [-0.05, 0) is 17.0 Å². The van der Waals surface area contributed by atoms with Crippen LogP contribution in [0, 0.1) is 0 Å². The molecule has 0 unspecified atom stereocenters. The van der Waals surface area contributed by atoms with Crippen LogP contribution in [-0.2, 0) is 13.1 Å². The van der Waals surface area contributed by atoms with E-state index < -0.39 is 0 Å². The van der Waals surface area contributed by atoms with Crippen LogP contribution in [0.25, 0.3) is 10.9 Å². The number of rotatable bonds is 0. The minimum atomic E-state index is -0.345. The first kappa shape index (κ1) is 9.27. The standard InChI is InChI=1S/C12H13N3O/c13-12(16)15-7-6-14-5-4-9-2-1-3-10(8-15)11(9)14/h1-5H,6-8H2,(H2,13,16). The average Bonchev–Trinajstić information content (AvgIpc) is 2.57. The number of carbonyl (C=O) groups is 1. The summed E-state index contributed by atoms with van der Waals surface area (Å²) in [5.74, 6) is 0. The van der Waals surface area contributed by atoms with Crippen molar-refractivity contribution in [2.75, 3.05) is 6.54 Å². The lowest BCUT2D eigenvalue weighted by Gasteiger charge is -2.17. The van der Waals surface area contributed by atoms with Crippen LogP contribution in [-0.4, -0.2) is 22.0 Å². The molecule has 16 heavy (non-hydrogen) atoms. The highest BCUT2D eigenvalue weighted by Gasteiger charge is 2.17. The van der Waals surface area contributed by atoms with Crippen LogP contribution in [0.5, 0.6) is 0 Å². The third-order valence-corrected chi connectivity index (χ3v) is 3.16. The van der Waals surface area contributed by atoms with Gasteiger partial charge >= 0.3 is 6.03 Å². The van der Waals surface area contributed by atoms with Gasteiger partial charge in [-0.1, -0.05) is 18.2 Å². The van der Waals surface area contributed by atoms with Crippen LogP contribution in [0.3, 0.4) is 0 Å². The minimum absolute atomic E-state index is 0.345. The number of benzene rings is 1. The van der Waals surface area contributed by atoms with E-state index in [1.165, 1.54) is 16.5 Å². The summed E-state index contributed by atoms with van der Waals surface area (Å²) in [6, 6.07) is 7.93. The van der Waals surface area contributed by atoms with E-state index in [4.69, 9.17) is 5.73 Å². The van der Waals surface area contributed by atoms with E-state index >= 15 is 0 Å². The number of hydrogen-bond donors (Lipinski definition) is 1. The van der Waals surface area contributed by atoms with Gasteiger partial charge in [0.2, 0.25) is 0 Å².